The predicted molar refractivity (Wildman–Crippen MR) is 87.8 cm³/mol. The Morgan fingerprint density at radius 2 is 2.04 bits per heavy atom. The zero-order valence-electron chi connectivity index (χ0n) is 14.4. The van der Waals surface area contributed by atoms with Gasteiger partial charge in [-0.05, 0) is 33.1 Å². The Labute approximate surface area is 145 Å². The van der Waals surface area contributed by atoms with Gasteiger partial charge in [-0.15, -0.1) is 0 Å². The average Bonchev–Trinajstić information content (AvgIpc) is 3.17. The largest absolute Gasteiger partial charge is 0.435 e. The predicted octanol–water partition coefficient (Wildman–Crippen LogP) is 0.248. The van der Waals surface area contributed by atoms with Gasteiger partial charge in [-0.2, -0.15) is 0 Å². The van der Waals surface area contributed by atoms with Gasteiger partial charge in [0.15, 0.2) is 5.89 Å². The number of hydrogen-bond donors (Lipinski definition) is 3. The van der Waals surface area contributed by atoms with E-state index in [1.165, 1.54) is 0 Å². The quantitative estimate of drug-likeness (QED) is 0.701. The molecule has 1 aromatic heterocycles. The second-order valence-corrected chi connectivity index (χ2v) is 6.71. The Bertz CT molecular complexity index is 697. The van der Waals surface area contributed by atoms with E-state index in [2.05, 4.69) is 15.6 Å². The van der Waals surface area contributed by atoms with Crippen LogP contribution in [0.5, 0.6) is 0 Å². The summed E-state index contributed by atoms with van der Waals surface area (Å²) in [4.78, 5) is 41.4. The van der Waals surface area contributed by atoms with E-state index < -0.39 is 12.1 Å². The van der Waals surface area contributed by atoms with Crippen molar-refractivity contribution in [1.82, 2.24) is 20.5 Å². The number of rotatable bonds is 5. The normalized spacial score (nSPS) is 21.0. The second kappa shape index (κ2) is 6.73. The Morgan fingerprint density at radius 1 is 1.32 bits per heavy atom. The third kappa shape index (κ3) is 3.92. The van der Waals surface area contributed by atoms with Crippen LogP contribution in [-0.2, 0) is 4.79 Å². The van der Waals surface area contributed by atoms with Crippen molar-refractivity contribution in [2.75, 3.05) is 13.1 Å². The highest BCUT2D eigenvalue weighted by molar-refractivity contribution is 5.93. The number of hydrogen-bond acceptors (Lipinski definition) is 5. The highest BCUT2D eigenvalue weighted by atomic mass is 16.4. The molecule has 4 N–H and O–H groups in total. The molecule has 0 spiro atoms. The highest BCUT2D eigenvalue weighted by Crippen LogP contribution is 2.40. The van der Waals surface area contributed by atoms with Crippen molar-refractivity contribution in [3.05, 3.63) is 17.3 Å². The van der Waals surface area contributed by atoms with Crippen molar-refractivity contribution < 1.29 is 18.8 Å². The van der Waals surface area contributed by atoms with E-state index in [0.29, 0.717) is 37.0 Å². The maximum Gasteiger partial charge on any atom is 0.312 e. The lowest BCUT2D eigenvalue weighted by Crippen LogP contribution is -2.48. The van der Waals surface area contributed by atoms with Crippen molar-refractivity contribution in [1.29, 1.82) is 0 Å². The number of nitrogens with two attached hydrogens (primary N) is 1. The summed E-state index contributed by atoms with van der Waals surface area (Å²) in [7, 11) is 0. The molecule has 2 aliphatic rings. The number of oxazole rings is 1. The van der Waals surface area contributed by atoms with E-state index in [9.17, 15) is 14.4 Å². The van der Waals surface area contributed by atoms with Gasteiger partial charge in [-0.3, -0.25) is 9.59 Å². The third-order valence-corrected chi connectivity index (χ3v) is 4.51. The van der Waals surface area contributed by atoms with Crippen LogP contribution < -0.4 is 16.4 Å². The van der Waals surface area contributed by atoms with E-state index in [1.54, 1.807) is 18.7 Å². The number of likely N-dealkylation sites (tertiary alicyclic amines) is 1. The number of nitrogens with one attached hydrogen (secondary N) is 2. The number of aryl methyl sites for hydroxylation is 1. The van der Waals surface area contributed by atoms with Gasteiger partial charge in [0.05, 0.1) is 5.69 Å². The van der Waals surface area contributed by atoms with Crippen molar-refractivity contribution in [2.24, 2.45) is 5.73 Å². The zero-order valence-corrected chi connectivity index (χ0v) is 14.4. The minimum atomic E-state index is -0.739. The standard InChI is InChI=1S/C16H23N5O4/c1-8-12(25-14(18-8)10-3-4-10)13(22)20-11-5-6-21(7-11)15(23)9(2)19-16(17)24/h9-11H,3-7H2,1-2H3,(H,20,22)(H3,17,19,24)/t9-,11?/m0/s1. The molecule has 0 bridgehead atoms. The van der Waals surface area contributed by atoms with Crippen LogP contribution in [0.2, 0.25) is 0 Å². The molecule has 1 aliphatic heterocycles. The first-order valence-electron chi connectivity index (χ1n) is 8.48. The Kier molecular flexibility index (Phi) is 4.65. The lowest BCUT2D eigenvalue weighted by Gasteiger charge is -2.21. The van der Waals surface area contributed by atoms with Gasteiger partial charge in [0.25, 0.3) is 5.91 Å². The first-order chi connectivity index (χ1) is 11.8. The fourth-order valence-corrected chi connectivity index (χ4v) is 3.01. The van der Waals surface area contributed by atoms with Crippen LogP contribution in [0.3, 0.4) is 0 Å². The van der Waals surface area contributed by atoms with Gasteiger partial charge in [-0.25, -0.2) is 9.78 Å². The molecule has 1 saturated carbocycles. The number of carbonyl (C=O) groups excluding carboxylic acids is 3. The van der Waals surface area contributed by atoms with E-state index >= 15 is 0 Å². The fourth-order valence-electron chi connectivity index (χ4n) is 3.01. The Hall–Kier alpha value is -2.58. The summed E-state index contributed by atoms with van der Waals surface area (Å²) >= 11 is 0. The minimum Gasteiger partial charge on any atom is -0.435 e. The molecule has 0 aromatic carbocycles. The lowest BCUT2D eigenvalue weighted by molar-refractivity contribution is -0.131. The van der Waals surface area contributed by atoms with Gasteiger partial charge in [-0.1, -0.05) is 0 Å². The van der Waals surface area contributed by atoms with E-state index in [1.807, 2.05) is 0 Å². The van der Waals surface area contributed by atoms with E-state index in [-0.39, 0.29) is 23.6 Å². The van der Waals surface area contributed by atoms with Crippen LogP contribution in [0.15, 0.2) is 4.42 Å². The SMILES string of the molecule is Cc1nc(C2CC2)oc1C(=O)NC1CCN(C(=O)[C@H](C)NC(N)=O)C1. The Balaban J connectivity index is 1.55. The molecular formula is C16H23N5O4. The van der Waals surface area contributed by atoms with Crippen molar-refractivity contribution in [3.8, 4) is 0 Å². The van der Waals surface area contributed by atoms with Gasteiger partial charge < -0.3 is 25.7 Å². The molecule has 136 valence electrons. The second-order valence-electron chi connectivity index (χ2n) is 6.71. The van der Waals surface area contributed by atoms with Crippen LogP contribution >= 0.6 is 0 Å². The summed E-state index contributed by atoms with van der Waals surface area (Å²) in [6.07, 6.45) is 2.75. The topological polar surface area (TPSA) is 131 Å². The number of amides is 4. The van der Waals surface area contributed by atoms with Crippen LogP contribution in [0, 0.1) is 6.92 Å². The minimum absolute atomic E-state index is 0.161. The molecule has 1 aromatic rings. The third-order valence-electron chi connectivity index (χ3n) is 4.51. The average molecular weight is 349 g/mol. The molecule has 1 aliphatic carbocycles. The zero-order chi connectivity index (χ0) is 18.1. The number of aromatic nitrogens is 1. The van der Waals surface area contributed by atoms with Crippen LogP contribution in [0.1, 0.15) is 54.2 Å². The summed E-state index contributed by atoms with van der Waals surface area (Å²) in [6, 6.07) is -1.59. The number of urea groups is 1. The first kappa shape index (κ1) is 17.2. The maximum atomic E-state index is 12.4. The molecule has 9 heteroatoms. The van der Waals surface area contributed by atoms with Crippen molar-refractivity contribution in [3.63, 3.8) is 0 Å². The maximum absolute atomic E-state index is 12.4. The first-order valence-corrected chi connectivity index (χ1v) is 8.48. The molecule has 25 heavy (non-hydrogen) atoms. The van der Waals surface area contributed by atoms with Crippen LogP contribution in [0.4, 0.5) is 4.79 Å². The van der Waals surface area contributed by atoms with E-state index in [0.717, 1.165) is 12.8 Å². The summed E-state index contributed by atoms with van der Waals surface area (Å²) < 4.78 is 5.60. The van der Waals surface area contributed by atoms with Gasteiger partial charge in [0.1, 0.15) is 6.04 Å². The molecule has 2 fully saturated rings. The Morgan fingerprint density at radius 3 is 2.68 bits per heavy atom. The molecular weight excluding hydrogens is 326 g/mol. The molecule has 2 heterocycles. The van der Waals surface area contributed by atoms with Crippen LogP contribution in [-0.4, -0.2) is 52.9 Å². The van der Waals surface area contributed by atoms with Crippen LogP contribution in [0.25, 0.3) is 0 Å². The molecule has 1 unspecified atom stereocenters. The highest BCUT2D eigenvalue weighted by Gasteiger charge is 2.33. The van der Waals surface area contributed by atoms with Crippen molar-refractivity contribution in [2.45, 2.75) is 51.1 Å². The molecule has 3 rings (SSSR count). The molecule has 9 nitrogen and oxygen atoms in total. The summed E-state index contributed by atoms with van der Waals surface area (Å²) in [5, 5.41) is 5.26. The number of nitrogens with zero attached hydrogens (tertiary/aromatic N) is 2. The van der Waals surface area contributed by atoms with Gasteiger partial charge >= 0.3 is 6.03 Å². The molecule has 0 radical (unpaired) electrons. The summed E-state index contributed by atoms with van der Waals surface area (Å²) in [5.74, 6) is 0.702. The monoisotopic (exact) mass is 349 g/mol. The summed E-state index contributed by atoms with van der Waals surface area (Å²) in [5.41, 5.74) is 5.62. The molecule has 1 saturated heterocycles. The number of primary amides is 1. The summed E-state index contributed by atoms with van der Waals surface area (Å²) in [6.45, 7) is 4.23. The van der Waals surface area contributed by atoms with Crippen molar-refractivity contribution >= 4 is 17.8 Å². The molecule has 4 amide bonds. The van der Waals surface area contributed by atoms with Gasteiger partial charge in [0, 0.05) is 25.0 Å². The smallest absolute Gasteiger partial charge is 0.312 e. The molecule has 2 atom stereocenters. The fraction of sp³-hybridized carbons (Fsp3) is 0.625. The van der Waals surface area contributed by atoms with E-state index in [4.69, 9.17) is 10.2 Å². The number of carbonyl (C=O) groups is 3. The van der Waals surface area contributed by atoms with Gasteiger partial charge in [0.2, 0.25) is 11.7 Å². The lowest BCUT2D eigenvalue weighted by atomic mass is 10.2.